The van der Waals surface area contributed by atoms with Crippen LogP contribution in [-0.4, -0.2) is 133 Å². The third kappa shape index (κ3) is 11.4. The van der Waals surface area contributed by atoms with Crippen molar-refractivity contribution in [1.29, 1.82) is 0 Å². The molecule has 418 valence electrons. The number of carbonyl (C=O) groups excluding carboxylic acids is 2. The summed E-state index contributed by atoms with van der Waals surface area (Å²) in [7, 11) is 0. The Morgan fingerprint density at radius 1 is 0.899 bits per heavy atom. The number of aryl methyl sites for hydroxylation is 1. The van der Waals surface area contributed by atoms with Gasteiger partial charge in [0.2, 0.25) is 17.7 Å². The van der Waals surface area contributed by atoms with E-state index in [2.05, 4.69) is 57.5 Å². The zero-order valence-electron chi connectivity index (χ0n) is 45.0. The second-order valence-corrected chi connectivity index (χ2v) is 23.4. The van der Waals surface area contributed by atoms with Crippen LogP contribution in [0.3, 0.4) is 0 Å². The van der Waals surface area contributed by atoms with E-state index in [0.717, 1.165) is 89.0 Å². The molecule has 2 amide bonds. The summed E-state index contributed by atoms with van der Waals surface area (Å²) in [5.74, 6) is -1.31. The number of piperazine rings is 1. The lowest BCUT2D eigenvalue weighted by Gasteiger charge is -2.43. The molecule has 4 aromatic heterocycles. The first kappa shape index (κ1) is 54.0. The molecule has 5 fully saturated rings. The van der Waals surface area contributed by atoms with Crippen LogP contribution in [0.1, 0.15) is 101 Å². The average molecular weight is 1100 g/mol. The molecule has 0 spiro atoms. The van der Waals surface area contributed by atoms with Crippen molar-refractivity contribution in [1.82, 2.24) is 40.4 Å². The van der Waals surface area contributed by atoms with Crippen molar-refractivity contribution >= 4 is 40.3 Å². The van der Waals surface area contributed by atoms with Gasteiger partial charge in [0.25, 0.3) is 5.88 Å². The molecule has 21 heteroatoms. The highest BCUT2D eigenvalue weighted by molar-refractivity contribution is 7.13. The van der Waals surface area contributed by atoms with Gasteiger partial charge in [0, 0.05) is 85.4 Å². The maximum atomic E-state index is 15.4. The van der Waals surface area contributed by atoms with Crippen LogP contribution >= 0.6 is 11.3 Å². The van der Waals surface area contributed by atoms with E-state index in [9.17, 15) is 19.8 Å². The Balaban J connectivity index is 0.607. The van der Waals surface area contributed by atoms with Gasteiger partial charge in [0.05, 0.1) is 46.2 Å². The van der Waals surface area contributed by atoms with Gasteiger partial charge in [-0.1, -0.05) is 32.0 Å². The van der Waals surface area contributed by atoms with Gasteiger partial charge < -0.3 is 54.9 Å². The number of ether oxygens (including phenoxy) is 2. The quantitative estimate of drug-likeness (QED) is 0.0636. The number of piperidine rings is 1. The number of hydrogen-bond acceptors (Lipinski definition) is 17. The van der Waals surface area contributed by atoms with Crippen molar-refractivity contribution in [2.75, 3.05) is 61.4 Å². The van der Waals surface area contributed by atoms with Crippen molar-refractivity contribution in [3.05, 3.63) is 101 Å². The van der Waals surface area contributed by atoms with Crippen molar-refractivity contribution in [3.8, 4) is 39.2 Å². The van der Waals surface area contributed by atoms with Crippen molar-refractivity contribution in [2.24, 2.45) is 17.8 Å². The highest BCUT2D eigenvalue weighted by atomic mass is 32.1. The number of anilines is 3. The van der Waals surface area contributed by atoms with Crippen LogP contribution in [0.5, 0.6) is 17.5 Å². The lowest BCUT2D eigenvalue weighted by atomic mass is 9.81. The van der Waals surface area contributed by atoms with Crippen LogP contribution in [0.2, 0.25) is 0 Å². The summed E-state index contributed by atoms with van der Waals surface area (Å²) in [6, 6.07) is 16.4. The standard InChI is InChI=1S/C58H69F2N11O7S/c1-32(2)52(58(75)70-30-40(72)24-47(70)57(74)64-33(3)42-11-12-44(54(60)53(42)59)55-34(4)63-31-79-55)49-26-51(67-78-49)76-20-16-35-14-18-68(19-15-35)27-36-21-41(22-36)77-50-23-37(13-17-62-50)71-38-9-10-39(71)29-69(28-38)46-25-45(65-66-56(46)61)43-7-5-6-8-48(43)73/h5-8,11-13,17,23,25-26,31-33,35-36,38-41,47,52,72-73H,9-10,14-16,18-22,24,27-30H2,1-4H3,(H2,61,66)(H,64,74)/t33-,36?,38?,39?,40+,41?,47-,52+/m0/s1. The summed E-state index contributed by atoms with van der Waals surface area (Å²) in [6.45, 7) is 12.1. The van der Waals surface area contributed by atoms with Crippen molar-refractivity contribution in [2.45, 2.75) is 121 Å². The largest absolute Gasteiger partial charge is 0.507 e. The molecule has 0 radical (unpaired) electrons. The number of para-hydroxylation sites is 1. The summed E-state index contributed by atoms with van der Waals surface area (Å²) >= 11 is 1.21. The molecule has 2 bridgehead atoms. The number of nitrogens with zero attached hydrogens (tertiary/aromatic N) is 9. The number of phenolic OH excluding ortho intramolecular Hbond substituents is 1. The fourth-order valence-electron chi connectivity index (χ4n) is 12.6. The second kappa shape index (κ2) is 23.0. The fraction of sp³-hybridized carbons (Fsp3) is 0.500. The van der Waals surface area contributed by atoms with E-state index in [1.54, 1.807) is 37.6 Å². The molecule has 18 nitrogen and oxygen atoms in total. The predicted molar refractivity (Wildman–Crippen MR) is 295 cm³/mol. The number of aromatic hydroxyl groups is 1. The van der Waals surface area contributed by atoms with E-state index in [1.165, 1.54) is 28.4 Å². The molecule has 2 unspecified atom stereocenters. The predicted octanol–water partition coefficient (Wildman–Crippen LogP) is 8.30. The fourth-order valence-corrected chi connectivity index (χ4v) is 13.4. The van der Waals surface area contributed by atoms with Gasteiger partial charge in [0.15, 0.2) is 23.2 Å². The van der Waals surface area contributed by atoms with Crippen molar-refractivity contribution < 1.29 is 42.6 Å². The van der Waals surface area contributed by atoms with Crippen LogP contribution in [0, 0.1) is 36.3 Å². The number of aliphatic hydroxyl groups excluding tert-OH is 1. The monoisotopic (exact) mass is 1100 g/mol. The average Bonchev–Trinajstić information content (AvgIpc) is 4.23. The second-order valence-electron chi connectivity index (χ2n) is 22.5. The Bertz CT molecular complexity index is 3130. The molecule has 8 heterocycles. The summed E-state index contributed by atoms with van der Waals surface area (Å²) in [6.07, 6.45) is 8.18. The Morgan fingerprint density at radius 3 is 2.41 bits per heavy atom. The normalized spacial score (nSPS) is 23.2. The Labute approximate surface area is 462 Å². The van der Waals surface area contributed by atoms with E-state index >= 15 is 8.78 Å². The molecule has 4 saturated heterocycles. The number of aliphatic hydroxyl groups is 1. The molecule has 6 atom stereocenters. The highest BCUT2D eigenvalue weighted by Gasteiger charge is 2.45. The van der Waals surface area contributed by atoms with E-state index in [4.69, 9.17) is 19.7 Å². The number of benzene rings is 2. The summed E-state index contributed by atoms with van der Waals surface area (Å²) < 4.78 is 49.0. The molecule has 1 saturated carbocycles. The van der Waals surface area contributed by atoms with Gasteiger partial charge in [-0.3, -0.25) is 9.59 Å². The van der Waals surface area contributed by atoms with E-state index < -0.39 is 47.6 Å². The molecular weight excluding hydrogens is 1030 g/mol. The Kier molecular flexibility index (Phi) is 15.7. The third-order valence-corrected chi connectivity index (χ3v) is 17.8. The van der Waals surface area contributed by atoms with Crippen LogP contribution < -0.4 is 30.3 Å². The number of nitrogens with two attached hydrogens (primary N) is 1. The number of likely N-dealkylation sites (tertiary alicyclic amines) is 2. The number of pyridine rings is 1. The first-order valence-electron chi connectivity index (χ1n) is 27.7. The number of nitrogens with one attached hydrogen (secondary N) is 1. The number of fused-ring (bicyclic) bond motifs is 2. The lowest BCUT2D eigenvalue weighted by molar-refractivity contribution is -0.141. The van der Waals surface area contributed by atoms with Crippen molar-refractivity contribution in [3.63, 3.8) is 0 Å². The van der Waals surface area contributed by atoms with E-state index in [0.29, 0.717) is 69.8 Å². The smallest absolute Gasteiger partial charge is 0.254 e. The molecule has 79 heavy (non-hydrogen) atoms. The number of thiazole rings is 1. The molecule has 5 N–H and O–H groups in total. The summed E-state index contributed by atoms with van der Waals surface area (Å²) in [4.78, 5) is 46.0. The first-order valence-corrected chi connectivity index (χ1v) is 28.6. The molecule has 11 rings (SSSR count). The Morgan fingerprint density at radius 2 is 1.67 bits per heavy atom. The molecule has 5 aliphatic rings. The third-order valence-electron chi connectivity index (χ3n) is 16.8. The number of carbonyl (C=O) groups is 2. The SMILES string of the molecule is Cc1ncsc1-c1ccc([C@H](C)NC(=O)[C@@H]2C[C@@H](O)CN2C(=O)[C@@H](c2cc(OCCC3CCN(CC4CC(Oc5cc(N6C7CCC6CN(c6cc(-c8ccccc8O)nnc6N)C7)ccn5)C4)CC3)no2)C(C)C)c(F)c1F. The summed E-state index contributed by atoms with van der Waals surface area (Å²) in [5.41, 5.74) is 11.8. The van der Waals surface area contributed by atoms with Gasteiger partial charge in [-0.2, -0.15) is 0 Å². The number of aromatic nitrogens is 5. The molecule has 2 aromatic carbocycles. The minimum Gasteiger partial charge on any atom is -0.507 e. The van der Waals surface area contributed by atoms with Gasteiger partial charge in [-0.15, -0.1) is 21.5 Å². The van der Waals surface area contributed by atoms with E-state index in [1.807, 2.05) is 38.2 Å². The van der Waals surface area contributed by atoms with Gasteiger partial charge in [-0.05, 0) is 125 Å². The molecule has 4 aliphatic heterocycles. The first-order chi connectivity index (χ1) is 38.1. The number of nitrogen functional groups attached to an aromatic ring is 1. The number of hydrogen-bond donors (Lipinski definition) is 4. The van der Waals surface area contributed by atoms with Gasteiger partial charge in [0.1, 0.15) is 23.8 Å². The van der Waals surface area contributed by atoms with Crippen LogP contribution in [0.25, 0.3) is 21.7 Å². The van der Waals surface area contributed by atoms with Gasteiger partial charge >= 0.3 is 0 Å². The zero-order valence-corrected chi connectivity index (χ0v) is 45.8. The van der Waals surface area contributed by atoms with E-state index in [-0.39, 0.29) is 47.7 Å². The number of amides is 2. The van der Waals surface area contributed by atoms with Crippen LogP contribution in [0.4, 0.5) is 26.0 Å². The summed E-state index contributed by atoms with van der Waals surface area (Å²) in [5, 5.41) is 36.6. The topological polar surface area (TPSA) is 222 Å². The van der Waals surface area contributed by atoms with Crippen LogP contribution in [0.15, 0.2) is 76.9 Å². The molecular formula is C58H69F2N11O7S. The highest BCUT2D eigenvalue weighted by Crippen LogP contribution is 2.42. The maximum Gasteiger partial charge on any atom is 0.254 e. The van der Waals surface area contributed by atoms with Crippen LogP contribution in [-0.2, 0) is 9.59 Å². The maximum absolute atomic E-state index is 15.4. The number of halogens is 2. The zero-order chi connectivity index (χ0) is 55.1. The number of β-amino-alcohol motifs (C(OH)–C–C–N with tert-alkyl or cyclic N) is 1. The molecule has 1 aliphatic carbocycles. The number of phenols is 1. The minimum atomic E-state index is -1.07. The number of rotatable bonds is 18. The Hall–Kier alpha value is -6.97. The molecule has 6 aromatic rings. The minimum absolute atomic E-state index is 0.0120. The van der Waals surface area contributed by atoms with Gasteiger partial charge in [-0.25, -0.2) is 18.7 Å². The lowest BCUT2D eigenvalue weighted by Crippen LogP contribution is -2.54.